The largest absolute Gasteiger partial charge is 0.484 e. The third-order valence-corrected chi connectivity index (χ3v) is 4.97. The summed E-state index contributed by atoms with van der Waals surface area (Å²) in [7, 11) is 0. The van der Waals surface area contributed by atoms with Crippen LogP contribution in [0.2, 0.25) is 0 Å². The Hall–Kier alpha value is -3.71. The van der Waals surface area contributed by atoms with Crippen molar-refractivity contribution in [1.29, 1.82) is 0 Å². The summed E-state index contributed by atoms with van der Waals surface area (Å²) in [5.41, 5.74) is 5.70. The average Bonchev–Trinajstić information content (AvgIpc) is 3.15. The molecule has 2 N–H and O–H groups in total. The van der Waals surface area contributed by atoms with Crippen LogP contribution in [-0.4, -0.2) is 22.6 Å². The predicted octanol–water partition coefficient (Wildman–Crippen LogP) is 4.93. The molecule has 0 aliphatic rings. The first-order chi connectivity index (χ1) is 15.4. The number of aryl methyl sites for hydroxylation is 2. The van der Waals surface area contributed by atoms with Gasteiger partial charge in [-0.2, -0.15) is 0 Å². The number of amides is 1. The van der Waals surface area contributed by atoms with Crippen molar-refractivity contribution in [2.75, 3.05) is 11.9 Å². The van der Waals surface area contributed by atoms with Crippen molar-refractivity contribution in [3.63, 3.8) is 0 Å². The van der Waals surface area contributed by atoms with Crippen LogP contribution in [0.4, 0.5) is 5.69 Å². The van der Waals surface area contributed by atoms with Crippen LogP contribution in [0.5, 0.6) is 5.75 Å². The van der Waals surface area contributed by atoms with Crippen molar-refractivity contribution >= 4 is 40.0 Å². The lowest BCUT2D eigenvalue weighted by Gasteiger charge is -2.11. The molecule has 0 aliphatic heterocycles. The maximum atomic E-state index is 12.1. The van der Waals surface area contributed by atoms with Crippen molar-refractivity contribution in [1.82, 2.24) is 10.3 Å². The normalized spacial score (nSPS) is 10.7. The lowest BCUT2D eigenvalue weighted by atomic mass is 10.1. The molecule has 4 aromatic rings. The number of carbonyl (C=O) groups excluding carboxylic acids is 1. The van der Waals surface area contributed by atoms with E-state index >= 15 is 0 Å². The maximum Gasteiger partial charge on any atom is 0.264 e. The van der Waals surface area contributed by atoms with Crippen LogP contribution >= 0.6 is 12.2 Å². The molecule has 0 fully saturated rings. The minimum atomic E-state index is -0.327. The summed E-state index contributed by atoms with van der Waals surface area (Å²) in [5.74, 6) is 0.984. The van der Waals surface area contributed by atoms with E-state index in [2.05, 4.69) is 15.6 Å². The van der Waals surface area contributed by atoms with Crippen LogP contribution in [0.1, 0.15) is 22.6 Å². The molecule has 4 rings (SSSR count). The summed E-state index contributed by atoms with van der Waals surface area (Å²) in [6.07, 6.45) is 0.589. The fourth-order valence-corrected chi connectivity index (χ4v) is 3.45. The number of ether oxygens (including phenoxy) is 1. The molecule has 0 spiro atoms. The zero-order chi connectivity index (χ0) is 22.5. The molecule has 1 heterocycles. The molecule has 3 aromatic carbocycles. The number of thiocarbonyl (C=S) groups is 1. The maximum absolute atomic E-state index is 12.1. The van der Waals surface area contributed by atoms with Crippen LogP contribution in [0.3, 0.4) is 0 Å². The number of oxazole rings is 1. The van der Waals surface area contributed by atoms with Crippen LogP contribution < -0.4 is 15.4 Å². The predicted molar refractivity (Wildman–Crippen MR) is 129 cm³/mol. The van der Waals surface area contributed by atoms with Crippen LogP contribution in [0.15, 0.2) is 71.1 Å². The van der Waals surface area contributed by atoms with Crippen LogP contribution in [-0.2, 0) is 11.2 Å². The first kappa shape index (κ1) is 21.5. The Bertz CT molecular complexity index is 1270. The molecule has 0 atom stereocenters. The SMILES string of the molecule is Cc1cccc(OCC(=O)NC(=S)Nc2ccc(Cc3nc4cc(C)ccc4o3)cc2)c1. The van der Waals surface area contributed by atoms with E-state index in [1.54, 1.807) is 6.07 Å². The standard InChI is InChI=1S/C25H23N3O3S/c1-16-4-3-5-20(12-16)30-15-23(29)28-25(32)26-19-9-7-18(8-10-19)14-24-27-21-13-17(2)6-11-22(21)31-24/h3-13H,14-15H2,1-2H3,(H2,26,28,29,32). The summed E-state index contributed by atoms with van der Waals surface area (Å²) >= 11 is 5.23. The van der Waals surface area contributed by atoms with Gasteiger partial charge in [-0.3, -0.25) is 10.1 Å². The topological polar surface area (TPSA) is 76.4 Å². The summed E-state index contributed by atoms with van der Waals surface area (Å²) in [5, 5.41) is 5.84. The summed E-state index contributed by atoms with van der Waals surface area (Å²) in [4.78, 5) is 16.6. The molecule has 0 aliphatic carbocycles. The van der Waals surface area contributed by atoms with Gasteiger partial charge in [-0.05, 0) is 79.2 Å². The number of nitrogens with one attached hydrogen (secondary N) is 2. The Morgan fingerprint density at radius 1 is 1.03 bits per heavy atom. The van der Waals surface area contributed by atoms with E-state index in [0.29, 0.717) is 18.1 Å². The van der Waals surface area contributed by atoms with Gasteiger partial charge in [-0.15, -0.1) is 0 Å². The monoisotopic (exact) mass is 445 g/mol. The van der Waals surface area contributed by atoms with E-state index in [1.165, 1.54) is 0 Å². The fourth-order valence-electron chi connectivity index (χ4n) is 3.22. The van der Waals surface area contributed by atoms with Gasteiger partial charge in [0.15, 0.2) is 23.2 Å². The van der Waals surface area contributed by atoms with Gasteiger partial charge in [0.1, 0.15) is 11.3 Å². The first-order valence-electron chi connectivity index (χ1n) is 10.2. The molecule has 0 bridgehead atoms. The van der Waals surface area contributed by atoms with Gasteiger partial charge >= 0.3 is 0 Å². The quantitative estimate of drug-likeness (QED) is 0.410. The number of hydrogen-bond acceptors (Lipinski definition) is 5. The Labute approximate surface area is 191 Å². The first-order valence-corrected chi connectivity index (χ1v) is 10.6. The molecule has 0 radical (unpaired) electrons. The molecule has 162 valence electrons. The molecular formula is C25H23N3O3S. The molecule has 7 heteroatoms. The molecule has 6 nitrogen and oxygen atoms in total. The third-order valence-electron chi connectivity index (χ3n) is 4.77. The second-order valence-electron chi connectivity index (χ2n) is 7.56. The minimum Gasteiger partial charge on any atom is -0.484 e. The summed E-state index contributed by atoms with van der Waals surface area (Å²) < 4.78 is 11.3. The zero-order valence-electron chi connectivity index (χ0n) is 17.8. The average molecular weight is 446 g/mol. The number of fused-ring (bicyclic) bond motifs is 1. The number of aromatic nitrogens is 1. The molecule has 32 heavy (non-hydrogen) atoms. The Balaban J connectivity index is 1.27. The van der Waals surface area contributed by atoms with Crippen molar-refractivity contribution in [3.8, 4) is 5.75 Å². The number of benzene rings is 3. The van der Waals surface area contributed by atoms with Crippen molar-refractivity contribution in [3.05, 3.63) is 89.3 Å². The Morgan fingerprint density at radius 2 is 1.81 bits per heavy atom. The highest BCUT2D eigenvalue weighted by Gasteiger charge is 2.09. The van der Waals surface area contributed by atoms with Gasteiger partial charge in [0.25, 0.3) is 5.91 Å². The lowest BCUT2D eigenvalue weighted by Crippen LogP contribution is -2.37. The Morgan fingerprint density at radius 3 is 2.59 bits per heavy atom. The summed E-state index contributed by atoms with van der Waals surface area (Å²) in [6, 6.07) is 21.2. The fraction of sp³-hybridized carbons (Fsp3) is 0.160. The third kappa shape index (κ3) is 5.70. The van der Waals surface area contributed by atoms with E-state index in [9.17, 15) is 4.79 Å². The minimum absolute atomic E-state index is 0.117. The van der Waals surface area contributed by atoms with Gasteiger partial charge in [0, 0.05) is 12.1 Å². The van der Waals surface area contributed by atoms with Gasteiger partial charge in [-0.1, -0.05) is 30.3 Å². The van der Waals surface area contributed by atoms with Crippen molar-refractivity contribution < 1.29 is 13.9 Å². The highest BCUT2D eigenvalue weighted by molar-refractivity contribution is 7.80. The van der Waals surface area contributed by atoms with Gasteiger partial charge in [0.2, 0.25) is 0 Å². The Kier molecular flexibility index (Phi) is 6.47. The number of rotatable bonds is 6. The van der Waals surface area contributed by atoms with Gasteiger partial charge < -0.3 is 14.5 Å². The second kappa shape index (κ2) is 9.62. The molecule has 0 saturated carbocycles. The molecule has 0 saturated heterocycles. The number of hydrogen-bond donors (Lipinski definition) is 2. The van der Waals surface area contributed by atoms with Crippen LogP contribution in [0.25, 0.3) is 11.1 Å². The second-order valence-corrected chi connectivity index (χ2v) is 7.97. The molecule has 0 unspecified atom stereocenters. The smallest absolute Gasteiger partial charge is 0.264 e. The van der Waals surface area contributed by atoms with Gasteiger partial charge in [0.05, 0.1) is 0 Å². The number of anilines is 1. The van der Waals surface area contributed by atoms with E-state index in [0.717, 1.165) is 33.5 Å². The highest BCUT2D eigenvalue weighted by Crippen LogP contribution is 2.20. The molecule has 1 amide bonds. The van der Waals surface area contributed by atoms with E-state index < -0.39 is 0 Å². The van der Waals surface area contributed by atoms with E-state index in [4.69, 9.17) is 21.4 Å². The number of nitrogens with zero attached hydrogens (tertiary/aromatic N) is 1. The lowest BCUT2D eigenvalue weighted by molar-refractivity contribution is -0.121. The van der Waals surface area contributed by atoms with E-state index in [-0.39, 0.29) is 17.6 Å². The highest BCUT2D eigenvalue weighted by atomic mass is 32.1. The van der Waals surface area contributed by atoms with Crippen LogP contribution in [0, 0.1) is 13.8 Å². The molecular weight excluding hydrogens is 422 g/mol. The molecule has 1 aromatic heterocycles. The zero-order valence-corrected chi connectivity index (χ0v) is 18.7. The summed E-state index contributed by atoms with van der Waals surface area (Å²) in [6.45, 7) is 3.88. The van der Waals surface area contributed by atoms with Gasteiger partial charge in [-0.25, -0.2) is 4.98 Å². The van der Waals surface area contributed by atoms with Crippen molar-refractivity contribution in [2.45, 2.75) is 20.3 Å². The van der Waals surface area contributed by atoms with E-state index in [1.807, 2.05) is 74.5 Å². The number of carbonyl (C=O) groups is 1. The van der Waals surface area contributed by atoms with Crippen molar-refractivity contribution in [2.24, 2.45) is 0 Å².